The highest BCUT2D eigenvalue weighted by Gasteiger charge is 2.28. The summed E-state index contributed by atoms with van der Waals surface area (Å²) in [5.41, 5.74) is 1.25. The fraction of sp³-hybridized carbons (Fsp3) is 0.476. The SMILES string of the molecule is CCOc1ccc(C2CCCN2CC(=O)N(C)Cc2ccc(C)o2)cc1. The molecule has 0 bridgehead atoms. The summed E-state index contributed by atoms with van der Waals surface area (Å²) in [6.07, 6.45) is 2.20. The van der Waals surface area contributed by atoms with Gasteiger partial charge in [-0.25, -0.2) is 0 Å². The number of rotatable bonds is 7. The highest BCUT2D eigenvalue weighted by atomic mass is 16.5. The summed E-state index contributed by atoms with van der Waals surface area (Å²) in [5, 5.41) is 0. The van der Waals surface area contributed by atoms with E-state index < -0.39 is 0 Å². The second-order valence-electron chi connectivity index (χ2n) is 6.89. The molecular formula is C21H28N2O3. The van der Waals surface area contributed by atoms with Gasteiger partial charge in [0.05, 0.1) is 19.7 Å². The van der Waals surface area contributed by atoms with Crippen LogP contribution in [0, 0.1) is 6.92 Å². The van der Waals surface area contributed by atoms with Gasteiger partial charge in [0.1, 0.15) is 17.3 Å². The molecule has 0 saturated carbocycles. The predicted octanol–water partition coefficient (Wildman–Crippen LogP) is 3.78. The lowest BCUT2D eigenvalue weighted by Gasteiger charge is -2.26. The Morgan fingerprint density at radius 1 is 1.27 bits per heavy atom. The highest BCUT2D eigenvalue weighted by molar-refractivity contribution is 5.78. The summed E-state index contributed by atoms with van der Waals surface area (Å²) in [4.78, 5) is 16.7. The summed E-state index contributed by atoms with van der Waals surface area (Å²) < 4.78 is 11.1. The van der Waals surface area contributed by atoms with E-state index in [0.29, 0.717) is 25.7 Å². The average molecular weight is 356 g/mol. The summed E-state index contributed by atoms with van der Waals surface area (Å²) in [6, 6.07) is 12.4. The van der Waals surface area contributed by atoms with Gasteiger partial charge in [-0.1, -0.05) is 12.1 Å². The fourth-order valence-corrected chi connectivity index (χ4v) is 3.53. The Kier molecular flexibility index (Phi) is 5.99. The molecule has 0 aliphatic carbocycles. The predicted molar refractivity (Wildman–Crippen MR) is 101 cm³/mol. The van der Waals surface area contributed by atoms with Crippen molar-refractivity contribution in [3.63, 3.8) is 0 Å². The van der Waals surface area contributed by atoms with Crippen molar-refractivity contribution in [1.29, 1.82) is 0 Å². The molecule has 26 heavy (non-hydrogen) atoms. The van der Waals surface area contributed by atoms with E-state index in [2.05, 4.69) is 17.0 Å². The van der Waals surface area contributed by atoms with Crippen molar-refractivity contribution in [3.05, 3.63) is 53.5 Å². The lowest BCUT2D eigenvalue weighted by atomic mass is 10.0. The second kappa shape index (κ2) is 8.41. The number of aryl methyl sites for hydroxylation is 1. The van der Waals surface area contributed by atoms with Crippen molar-refractivity contribution in [2.24, 2.45) is 0 Å². The number of carbonyl (C=O) groups is 1. The van der Waals surface area contributed by atoms with E-state index >= 15 is 0 Å². The van der Waals surface area contributed by atoms with Crippen LogP contribution in [0.5, 0.6) is 5.75 Å². The van der Waals surface area contributed by atoms with E-state index in [1.165, 1.54) is 5.56 Å². The largest absolute Gasteiger partial charge is 0.494 e. The summed E-state index contributed by atoms with van der Waals surface area (Å²) >= 11 is 0. The minimum atomic E-state index is 0.122. The summed E-state index contributed by atoms with van der Waals surface area (Å²) in [6.45, 7) is 6.47. The number of benzene rings is 1. The van der Waals surface area contributed by atoms with Crippen LogP contribution in [0.1, 0.15) is 42.9 Å². The van der Waals surface area contributed by atoms with E-state index in [1.54, 1.807) is 4.90 Å². The molecule has 0 spiro atoms. The molecule has 1 aromatic heterocycles. The molecule has 0 N–H and O–H groups in total. The summed E-state index contributed by atoms with van der Waals surface area (Å²) in [7, 11) is 1.84. The van der Waals surface area contributed by atoms with Crippen LogP contribution < -0.4 is 4.74 Å². The maximum atomic E-state index is 12.6. The number of likely N-dealkylation sites (tertiary alicyclic amines) is 1. The zero-order chi connectivity index (χ0) is 18.5. The zero-order valence-corrected chi connectivity index (χ0v) is 15.9. The van der Waals surface area contributed by atoms with Crippen LogP contribution >= 0.6 is 0 Å². The first-order valence-electron chi connectivity index (χ1n) is 9.33. The topological polar surface area (TPSA) is 45.9 Å². The van der Waals surface area contributed by atoms with Crippen LogP contribution in [-0.2, 0) is 11.3 Å². The standard InChI is InChI=1S/C21H28N2O3/c1-4-25-18-11-8-17(9-12-18)20-6-5-13-23(20)15-21(24)22(3)14-19-10-7-16(2)26-19/h7-12,20H,4-6,13-15H2,1-3H3. The van der Waals surface area contributed by atoms with E-state index in [0.717, 1.165) is 36.7 Å². The van der Waals surface area contributed by atoms with Crippen molar-refractivity contribution >= 4 is 5.91 Å². The van der Waals surface area contributed by atoms with Crippen molar-refractivity contribution in [1.82, 2.24) is 9.80 Å². The quantitative estimate of drug-likeness (QED) is 0.757. The van der Waals surface area contributed by atoms with Crippen LogP contribution in [0.2, 0.25) is 0 Å². The van der Waals surface area contributed by atoms with Crippen molar-refractivity contribution in [2.75, 3.05) is 26.7 Å². The number of amides is 1. The van der Waals surface area contributed by atoms with Gasteiger partial charge in [-0.15, -0.1) is 0 Å². The van der Waals surface area contributed by atoms with Gasteiger partial charge in [-0.3, -0.25) is 9.69 Å². The van der Waals surface area contributed by atoms with Gasteiger partial charge < -0.3 is 14.1 Å². The molecular weight excluding hydrogens is 328 g/mol. The zero-order valence-electron chi connectivity index (χ0n) is 15.9. The molecule has 5 heteroatoms. The molecule has 1 atom stereocenters. The third-order valence-corrected chi connectivity index (χ3v) is 4.89. The first-order chi connectivity index (χ1) is 12.6. The molecule has 140 valence electrons. The Morgan fingerprint density at radius 2 is 2.04 bits per heavy atom. The normalized spacial score (nSPS) is 17.4. The molecule has 1 amide bonds. The van der Waals surface area contributed by atoms with Crippen molar-refractivity contribution < 1.29 is 13.9 Å². The Morgan fingerprint density at radius 3 is 2.69 bits per heavy atom. The third kappa shape index (κ3) is 4.47. The molecule has 0 radical (unpaired) electrons. The molecule has 2 heterocycles. The number of likely N-dealkylation sites (N-methyl/N-ethyl adjacent to an activating group) is 1. The van der Waals surface area contributed by atoms with E-state index in [1.807, 2.05) is 45.2 Å². The number of hydrogen-bond donors (Lipinski definition) is 0. The van der Waals surface area contributed by atoms with Crippen LogP contribution in [0.15, 0.2) is 40.8 Å². The number of hydrogen-bond acceptors (Lipinski definition) is 4. The number of nitrogens with zero attached hydrogens (tertiary/aromatic N) is 2. The minimum Gasteiger partial charge on any atom is -0.494 e. The Balaban J connectivity index is 1.59. The van der Waals surface area contributed by atoms with Gasteiger partial charge in [0, 0.05) is 13.1 Å². The lowest BCUT2D eigenvalue weighted by molar-refractivity contribution is -0.132. The van der Waals surface area contributed by atoms with Crippen LogP contribution in [0.4, 0.5) is 0 Å². The Hall–Kier alpha value is -2.27. The summed E-state index contributed by atoms with van der Waals surface area (Å²) in [5.74, 6) is 2.71. The van der Waals surface area contributed by atoms with Crippen LogP contribution in [0.3, 0.4) is 0 Å². The number of ether oxygens (including phenoxy) is 1. The molecule has 1 saturated heterocycles. The molecule has 5 nitrogen and oxygen atoms in total. The van der Waals surface area contributed by atoms with Gasteiger partial charge >= 0.3 is 0 Å². The smallest absolute Gasteiger partial charge is 0.236 e. The Bertz CT molecular complexity index is 723. The van der Waals surface area contributed by atoms with Crippen LogP contribution in [0.25, 0.3) is 0 Å². The van der Waals surface area contributed by atoms with Crippen LogP contribution in [-0.4, -0.2) is 42.5 Å². The second-order valence-corrected chi connectivity index (χ2v) is 6.89. The van der Waals surface area contributed by atoms with Crippen molar-refractivity contribution in [2.45, 2.75) is 39.3 Å². The molecule has 1 aromatic carbocycles. The minimum absolute atomic E-state index is 0.122. The third-order valence-electron chi connectivity index (χ3n) is 4.89. The average Bonchev–Trinajstić information content (AvgIpc) is 3.25. The maximum absolute atomic E-state index is 12.6. The molecule has 1 fully saturated rings. The first-order valence-corrected chi connectivity index (χ1v) is 9.33. The van der Waals surface area contributed by atoms with Gasteiger partial charge in [0.25, 0.3) is 0 Å². The van der Waals surface area contributed by atoms with E-state index in [9.17, 15) is 4.79 Å². The van der Waals surface area contributed by atoms with E-state index in [4.69, 9.17) is 9.15 Å². The Labute approximate surface area is 155 Å². The molecule has 3 rings (SSSR count). The van der Waals surface area contributed by atoms with Crippen molar-refractivity contribution in [3.8, 4) is 5.75 Å². The number of carbonyl (C=O) groups excluding carboxylic acids is 1. The fourth-order valence-electron chi connectivity index (χ4n) is 3.53. The van der Waals surface area contributed by atoms with Gasteiger partial charge in [0.15, 0.2) is 0 Å². The molecule has 2 aromatic rings. The molecule has 1 aliphatic rings. The molecule has 1 unspecified atom stereocenters. The monoisotopic (exact) mass is 356 g/mol. The van der Waals surface area contributed by atoms with E-state index in [-0.39, 0.29) is 5.91 Å². The van der Waals surface area contributed by atoms with Gasteiger partial charge in [-0.2, -0.15) is 0 Å². The number of furan rings is 1. The lowest BCUT2D eigenvalue weighted by Crippen LogP contribution is -2.37. The highest BCUT2D eigenvalue weighted by Crippen LogP contribution is 2.32. The molecule has 1 aliphatic heterocycles. The van der Waals surface area contributed by atoms with Gasteiger partial charge in [0.2, 0.25) is 5.91 Å². The maximum Gasteiger partial charge on any atom is 0.236 e. The van der Waals surface area contributed by atoms with Gasteiger partial charge in [-0.05, 0) is 63.1 Å². The first kappa shape index (κ1) is 18.5.